The summed E-state index contributed by atoms with van der Waals surface area (Å²) < 4.78 is 13.0. The lowest BCUT2D eigenvalue weighted by Gasteiger charge is -2.03. The van der Waals surface area contributed by atoms with E-state index in [1.54, 1.807) is 23.5 Å². The maximum Gasteiger partial charge on any atom is 0.123 e. The van der Waals surface area contributed by atoms with Crippen LogP contribution in [0.5, 0.6) is 0 Å². The van der Waals surface area contributed by atoms with Crippen molar-refractivity contribution in [3.8, 4) is 10.6 Å². The normalized spacial score (nSPS) is 10.9. The molecule has 3 nitrogen and oxygen atoms in total. The summed E-state index contributed by atoms with van der Waals surface area (Å²) in [6, 6.07) is 10.7. The van der Waals surface area contributed by atoms with E-state index in [1.165, 1.54) is 6.07 Å². The highest BCUT2D eigenvalue weighted by atomic mass is 32.1. The van der Waals surface area contributed by atoms with Gasteiger partial charge < -0.3 is 10.3 Å². The molecular weight excluding hydrogens is 285 g/mol. The molecule has 21 heavy (non-hydrogen) atoms. The Morgan fingerprint density at radius 1 is 1.24 bits per heavy atom. The molecule has 0 aliphatic carbocycles. The minimum Gasteiger partial charge on any atom is -0.360 e. The van der Waals surface area contributed by atoms with Gasteiger partial charge in [-0.2, -0.15) is 0 Å². The fourth-order valence-corrected chi connectivity index (χ4v) is 3.00. The van der Waals surface area contributed by atoms with Crippen molar-refractivity contribution in [3.05, 3.63) is 65.2 Å². The first-order valence-electron chi connectivity index (χ1n) is 6.85. The van der Waals surface area contributed by atoms with E-state index in [0.29, 0.717) is 0 Å². The molecule has 2 N–H and O–H groups in total. The number of nitrogens with one attached hydrogen (secondary N) is 2. The highest BCUT2D eigenvalue weighted by Gasteiger charge is 2.04. The third-order valence-corrected chi connectivity index (χ3v) is 4.20. The van der Waals surface area contributed by atoms with E-state index in [9.17, 15) is 4.39 Å². The lowest BCUT2D eigenvalue weighted by Crippen LogP contribution is -2.16. The van der Waals surface area contributed by atoms with Gasteiger partial charge in [0.25, 0.3) is 0 Å². The van der Waals surface area contributed by atoms with Gasteiger partial charge in [0.1, 0.15) is 10.8 Å². The first kappa shape index (κ1) is 14.0. The number of aromatic amines is 1. The number of hydrogen-bond donors (Lipinski definition) is 2. The van der Waals surface area contributed by atoms with Crippen molar-refractivity contribution >= 4 is 11.3 Å². The fourth-order valence-electron chi connectivity index (χ4n) is 2.12. The molecule has 0 atom stereocenters. The minimum atomic E-state index is -0.178. The molecule has 2 aromatic heterocycles. The van der Waals surface area contributed by atoms with Crippen molar-refractivity contribution in [1.82, 2.24) is 15.3 Å². The molecule has 0 amide bonds. The van der Waals surface area contributed by atoms with E-state index in [2.05, 4.69) is 15.3 Å². The molecule has 0 radical (unpaired) electrons. The molecule has 108 valence electrons. The molecule has 0 saturated heterocycles. The number of aromatic nitrogens is 2. The van der Waals surface area contributed by atoms with Crippen LogP contribution in [0.25, 0.3) is 10.6 Å². The van der Waals surface area contributed by atoms with Crippen LogP contribution in [0, 0.1) is 5.82 Å². The van der Waals surface area contributed by atoms with Gasteiger partial charge in [-0.1, -0.05) is 12.1 Å². The van der Waals surface area contributed by atoms with Gasteiger partial charge in [0.05, 0.1) is 10.6 Å². The van der Waals surface area contributed by atoms with Gasteiger partial charge >= 0.3 is 0 Å². The summed E-state index contributed by atoms with van der Waals surface area (Å²) in [4.78, 5) is 8.72. The Bertz CT molecular complexity index is 691. The number of halogens is 1. The summed E-state index contributed by atoms with van der Waals surface area (Å²) in [6.07, 6.45) is 4.61. The average molecular weight is 301 g/mol. The number of hydrogen-bond acceptors (Lipinski definition) is 3. The SMILES string of the molecule is Fc1cccc(CCNCc2ncc(-c3ccc[nH]3)s2)c1. The summed E-state index contributed by atoms with van der Waals surface area (Å²) in [5.41, 5.74) is 2.10. The van der Waals surface area contributed by atoms with Crippen molar-refractivity contribution in [2.24, 2.45) is 0 Å². The second kappa shape index (κ2) is 6.65. The highest BCUT2D eigenvalue weighted by Crippen LogP contribution is 2.24. The molecule has 3 aromatic rings. The van der Waals surface area contributed by atoms with Crippen LogP contribution in [0.15, 0.2) is 48.8 Å². The van der Waals surface area contributed by atoms with Crippen LogP contribution in [0.3, 0.4) is 0 Å². The van der Waals surface area contributed by atoms with Crippen molar-refractivity contribution in [2.75, 3.05) is 6.54 Å². The number of rotatable bonds is 6. The van der Waals surface area contributed by atoms with Crippen molar-refractivity contribution in [1.29, 1.82) is 0 Å². The van der Waals surface area contributed by atoms with Crippen LogP contribution >= 0.6 is 11.3 Å². The molecule has 0 saturated carbocycles. The first-order chi connectivity index (χ1) is 10.3. The van der Waals surface area contributed by atoms with Crippen LogP contribution in [0.2, 0.25) is 0 Å². The van der Waals surface area contributed by atoms with Crippen LogP contribution in [0.4, 0.5) is 4.39 Å². The third kappa shape index (κ3) is 3.77. The summed E-state index contributed by atoms with van der Waals surface area (Å²) in [7, 11) is 0. The first-order valence-corrected chi connectivity index (χ1v) is 7.66. The molecule has 2 heterocycles. The lowest BCUT2D eigenvalue weighted by molar-refractivity contribution is 0.622. The van der Waals surface area contributed by atoms with E-state index in [4.69, 9.17) is 0 Å². The zero-order chi connectivity index (χ0) is 14.5. The van der Waals surface area contributed by atoms with Gasteiger partial charge in [0.15, 0.2) is 0 Å². The van der Waals surface area contributed by atoms with E-state index in [1.807, 2.05) is 30.6 Å². The molecule has 1 aromatic carbocycles. The molecule has 0 aliphatic rings. The van der Waals surface area contributed by atoms with Crippen molar-refractivity contribution in [2.45, 2.75) is 13.0 Å². The molecule has 0 spiro atoms. The van der Waals surface area contributed by atoms with Gasteiger partial charge in [0, 0.05) is 18.9 Å². The molecule has 0 aliphatic heterocycles. The Hall–Kier alpha value is -1.98. The van der Waals surface area contributed by atoms with E-state index in [-0.39, 0.29) is 5.82 Å². The summed E-state index contributed by atoms with van der Waals surface area (Å²) >= 11 is 1.67. The maximum absolute atomic E-state index is 13.0. The largest absolute Gasteiger partial charge is 0.360 e. The van der Waals surface area contributed by atoms with E-state index >= 15 is 0 Å². The Morgan fingerprint density at radius 2 is 2.19 bits per heavy atom. The van der Waals surface area contributed by atoms with Gasteiger partial charge in [-0.15, -0.1) is 11.3 Å². The predicted octanol–water partition coefficient (Wildman–Crippen LogP) is 3.61. The summed E-state index contributed by atoms with van der Waals surface area (Å²) in [6.45, 7) is 1.54. The molecule has 0 fully saturated rings. The average Bonchev–Trinajstić information content (AvgIpc) is 3.14. The van der Waals surface area contributed by atoms with Crippen LogP contribution < -0.4 is 5.32 Å². The Morgan fingerprint density at radius 3 is 3.00 bits per heavy atom. The maximum atomic E-state index is 13.0. The Labute approximate surface area is 126 Å². The molecule has 5 heteroatoms. The zero-order valence-corrected chi connectivity index (χ0v) is 12.3. The van der Waals surface area contributed by atoms with E-state index < -0.39 is 0 Å². The molecular formula is C16H16FN3S. The molecule has 0 bridgehead atoms. The molecule has 3 rings (SSSR count). The van der Waals surface area contributed by atoms with Crippen molar-refractivity contribution in [3.63, 3.8) is 0 Å². The van der Waals surface area contributed by atoms with Crippen LogP contribution in [-0.4, -0.2) is 16.5 Å². The number of H-pyrrole nitrogens is 1. The summed E-state index contributed by atoms with van der Waals surface area (Å²) in [5, 5.41) is 4.40. The lowest BCUT2D eigenvalue weighted by atomic mass is 10.1. The minimum absolute atomic E-state index is 0.178. The third-order valence-electron chi connectivity index (χ3n) is 3.17. The van der Waals surface area contributed by atoms with Gasteiger partial charge in [-0.3, -0.25) is 0 Å². The van der Waals surface area contributed by atoms with Gasteiger partial charge in [-0.05, 0) is 42.8 Å². The second-order valence-electron chi connectivity index (χ2n) is 4.76. The number of nitrogens with zero attached hydrogens (tertiary/aromatic N) is 1. The number of benzene rings is 1. The Kier molecular flexibility index (Phi) is 4.43. The fraction of sp³-hybridized carbons (Fsp3) is 0.188. The summed E-state index contributed by atoms with van der Waals surface area (Å²) in [5.74, 6) is -0.178. The van der Waals surface area contributed by atoms with Gasteiger partial charge in [-0.25, -0.2) is 9.37 Å². The molecule has 0 unspecified atom stereocenters. The standard InChI is InChI=1S/C16H16FN3S/c17-13-4-1-3-12(9-13)6-8-18-11-16-20-10-15(21-16)14-5-2-7-19-14/h1-5,7,9-10,18-19H,6,8,11H2. The van der Waals surface area contributed by atoms with Crippen molar-refractivity contribution < 1.29 is 4.39 Å². The number of thiazole rings is 1. The van der Waals surface area contributed by atoms with Crippen LogP contribution in [-0.2, 0) is 13.0 Å². The van der Waals surface area contributed by atoms with Crippen LogP contribution in [0.1, 0.15) is 10.6 Å². The predicted molar refractivity (Wildman–Crippen MR) is 83.7 cm³/mol. The second-order valence-corrected chi connectivity index (χ2v) is 5.87. The van der Waals surface area contributed by atoms with E-state index in [0.717, 1.165) is 40.7 Å². The zero-order valence-electron chi connectivity index (χ0n) is 11.5. The quantitative estimate of drug-likeness (QED) is 0.683. The Balaban J connectivity index is 1.48. The smallest absolute Gasteiger partial charge is 0.123 e. The monoisotopic (exact) mass is 301 g/mol. The van der Waals surface area contributed by atoms with Gasteiger partial charge in [0.2, 0.25) is 0 Å². The highest BCUT2D eigenvalue weighted by molar-refractivity contribution is 7.15. The topological polar surface area (TPSA) is 40.7 Å².